The fourth-order valence-corrected chi connectivity index (χ4v) is 0.916. The lowest BCUT2D eigenvalue weighted by Gasteiger charge is -2.21. The van der Waals surface area contributed by atoms with Crippen LogP contribution in [0.3, 0.4) is 0 Å². The summed E-state index contributed by atoms with van der Waals surface area (Å²) in [5.74, 6) is -2.25. The fraction of sp³-hybridized carbons (Fsp3) is 0.727. The molecule has 0 spiro atoms. The molecule has 2 atom stereocenters. The van der Waals surface area contributed by atoms with Crippen LogP contribution < -0.4 is 10.6 Å². The summed E-state index contributed by atoms with van der Waals surface area (Å²) >= 11 is 0. The predicted octanol–water partition coefficient (Wildman–Crippen LogP) is -0.901. The number of carbonyl (C=O) groups excluding carboxylic acids is 2. The fourth-order valence-electron chi connectivity index (χ4n) is 0.916. The molecule has 0 saturated carbocycles. The van der Waals surface area contributed by atoms with Crippen LogP contribution in [-0.2, 0) is 14.4 Å². The summed E-state index contributed by atoms with van der Waals surface area (Å²) in [6.45, 7) is 6.21. The van der Waals surface area contributed by atoms with Crippen molar-refractivity contribution in [3.05, 3.63) is 0 Å². The summed E-state index contributed by atoms with van der Waals surface area (Å²) in [6.07, 6.45) is -1.65. The number of aliphatic hydroxyl groups excluding tert-OH is 1. The standard InChI is InChI=1S/C11H20N2O5/c1-6(13-10(18)11(2,3)4)8(15)12-5-7(14)9(16)17/h6-7,14H,5H2,1-4H3,(H,12,15)(H,13,18)(H,16,17)/t6?,7-/m0/s1. The van der Waals surface area contributed by atoms with Gasteiger partial charge in [-0.05, 0) is 6.92 Å². The Morgan fingerprint density at radius 1 is 1.22 bits per heavy atom. The van der Waals surface area contributed by atoms with Gasteiger partial charge in [-0.2, -0.15) is 0 Å². The van der Waals surface area contributed by atoms with Crippen LogP contribution in [0.15, 0.2) is 0 Å². The zero-order valence-electron chi connectivity index (χ0n) is 11.0. The molecule has 1 unspecified atom stereocenters. The zero-order chi connectivity index (χ0) is 14.5. The van der Waals surface area contributed by atoms with Gasteiger partial charge in [0.25, 0.3) is 0 Å². The Hall–Kier alpha value is -1.63. The number of carboxylic acids is 1. The van der Waals surface area contributed by atoms with E-state index in [0.717, 1.165) is 0 Å². The third-order valence-corrected chi connectivity index (χ3v) is 2.18. The second-order valence-corrected chi connectivity index (χ2v) is 5.04. The minimum atomic E-state index is -1.65. The van der Waals surface area contributed by atoms with Crippen molar-refractivity contribution in [3.63, 3.8) is 0 Å². The van der Waals surface area contributed by atoms with Crippen LogP contribution in [0.1, 0.15) is 27.7 Å². The first-order valence-electron chi connectivity index (χ1n) is 5.55. The first-order valence-corrected chi connectivity index (χ1v) is 5.55. The van der Waals surface area contributed by atoms with Crippen molar-refractivity contribution in [3.8, 4) is 0 Å². The van der Waals surface area contributed by atoms with E-state index < -0.39 is 36.0 Å². The van der Waals surface area contributed by atoms with E-state index >= 15 is 0 Å². The van der Waals surface area contributed by atoms with Crippen LogP contribution >= 0.6 is 0 Å². The Morgan fingerprint density at radius 2 is 1.72 bits per heavy atom. The van der Waals surface area contributed by atoms with E-state index in [4.69, 9.17) is 10.2 Å². The lowest BCUT2D eigenvalue weighted by Crippen LogP contribution is -2.50. The van der Waals surface area contributed by atoms with E-state index in [-0.39, 0.29) is 5.91 Å². The molecule has 0 aromatic rings. The summed E-state index contributed by atoms with van der Waals surface area (Å²) < 4.78 is 0. The summed E-state index contributed by atoms with van der Waals surface area (Å²) in [6, 6.07) is -0.794. The Labute approximate surface area is 106 Å². The molecule has 0 aliphatic rings. The van der Waals surface area contributed by atoms with Gasteiger partial charge in [0.05, 0.1) is 6.54 Å². The number of aliphatic hydroxyl groups is 1. The average molecular weight is 260 g/mol. The summed E-state index contributed by atoms with van der Waals surface area (Å²) in [5.41, 5.74) is -0.616. The van der Waals surface area contributed by atoms with E-state index in [9.17, 15) is 14.4 Å². The molecular weight excluding hydrogens is 240 g/mol. The molecule has 7 heteroatoms. The first kappa shape index (κ1) is 16.4. The van der Waals surface area contributed by atoms with Crippen LogP contribution in [0.2, 0.25) is 0 Å². The highest BCUT2D eigenvalue weighted by Crippen LogP contribution is 2.12. The quantitative estimate of drug-likeness (QED) is 0.511. The van der Waals surface area contributed by atoms with E-state index in [1.54, 1.807) is 20.8 Å². The van der Waals surface area contributed by atoms with Gasteiger partial charge in [-0.25, -0.2) is 4.79 Å². The molecule has 0 rings (SSSR count). The second kappa shape index (κ2) is 6.34. The maximum absolute atomic E-state index is 11.6. The van der Waals surface area contributed by atoms with Gasteiger partial charge in [-0.3, -0.25) is 9.59 Å². The summed E-state index contributed by atoms with van der Waals surface area (Å²) in [5, 5.41) is 22.1. The van der Waals surface area contributed by atoms with Crippen molar-refractivity contribution in [2.75, 3.05) is 6.54 Å². The topological polar surface area (TPSA) is 116 Å². The predicted molar refractivity (Wildman–Crippen MR) is 63.7 cm³/mol. The highest BCUT2D eigenvalue weighted by molar-refractivity contribution is 5.89. The van der Waals surface area contributed by atoms with Gasteiger partial charge in [-0.1, -0.05) is 20.8 Å². The smallest absolute Gasteiger partial charge is 0.334 e. The van der Waals surface area contributed by atoms with Gasteiger partial charge in [0.15, 0.2) is 6.10 Å². The molecule has 0 aromatic heterocycles. The highest BCUT2D eigenvalue weighted by Gasteiger charge is 2.25. The molecule has 0 aromatic carbocycles. The van der Waals surface area contributed by atoms with E-state index in [1.165, 1.54) is 6.92 Å². The summed E-state index contributed by atoms with van der Waals surface area (Å²) in [7, 11) is 0. The number of nitrogens with one attached hydrogen (secondary N) is 2. The van der Waals surface area contributed by atoms with Gasteiger partial charge in [0.1, 0.15) is 6.04 Å². The van der Waals surface area contributed by atoms with Crippen molar-refractivity contribution in [1.29, 1.82) is 0 Å². The Balaban J connectivity index is 4.20. The van der Waals surface area contributed by atoms with E-state index in [1.807, 2.05) is 0 Å². The molecular formula is C11H20N2O5. The van der Waals surface area contributed by atoms with Gasteiger partial charge in [0, 0.05) is 5.41 Å². The molecule has 4 N–H and O–H groups in total. The van der Waals surface area contributed by atoms with Crippen LogP contribution in [-0.4, -0.2) is 46.7 Å². The second-order valence-electron chi connectivity index (χ2n) is 5.04. The van der Waals surface area contributed by atoms with Crippen molar-refractivity contribution in [1.82, 2.24) is 10.6 Å². The third kappa shape index (κ3) is 5.62. The Kier molecular flexibility index (Phi) is 5.77. The molecule has 0 heterocycles. The largest absolute Gasteiger partial charge is 0.479 e. The maximum atomic E-state index is 11.6. The molecule has 2 amide bonds. The molecule has 0 saturated heterocycles. The van der Waals surface area contributed by atoms with E-state index in [2.05, 4.69) is 10.6 Å². The zero-order valence-corrected chi connectivity index (χ0v) is 11.0. The SMILES string of the molecule is CC(NC(=O)C(C)(C)C)C(=O)NC[C@H](O)C(=O)O. The van der Waals surface area contributed by atoms with Crippen molar-refractivity contribution in [2.24, 2.45) is 5.41 Å². The lowest BCUT2D eigenvalue weighted by atomic mass is 9.95. The number of carbonyl (C=O) groups is 3. The molecule has 18 heavy (non-hydrogen) atoms. The normalized spacial score (nSPS) is 14.5. The Bertz CT molecular complexity index is 335. The number of carboxylic acid groups (broad SMARTS) is 1. The van der Waals surface area contributed by atoms with Crippen LogP contribution in [0.4, 0.5) is 0 Å². The van der Waals surface area contributed by atoms with E-state index in [0.29, 0.717) is 0 Å². The molecule has 7 nitrogen and oxygen atoms in total. The number of amides is 2. The van der Waals surface area contributed by atoms with Gasteiger partial charge >= 0.3 is 5.97 Å². The molecule has 0 aliphatic carbocycles. The highest BCUT2D eigenvalue weighted by atomic mass is 16.4. The van der Waals surface area contributed by atoms with Gasteiger partial charge in [-0.15, -0.1) is 0 Å². The number of rotatable bonds is 5. The number of hydrogen-bond donors (Lipinski definition) is 4. The first-order chi connectivity index (χ1) is 8.05. The minimum absolute atomic E-state index is 0.288. The van der Waals surface area contributed by atoms with Gasteiger partial charge in [0.2, 0.25) is 11.8 Å². The van der Waals surface area contributed by atoms with Crippen LogP contribution in [0.25, 0.3) is 0 Å². The minimum Gasteiger partial charge on any atom is -0.479 e. The molecule has 0 radical (unpaired) electrons. The van der Waals surface area contributed by atoms with Crippen LogP contribution in [0.5, 0.6) is 0 Å². The molecule has 0 bridgehead atoms. The number of aliphatic carboxylic acids is 1. The summed E-state index contributed by atoms with van der Waals surface area (Å²) in [4.78, 5) is 33.4. The molecule has 104 valence electrons. The van der Waals surface area contributed by atoms with Crippen molar-refractivity contribution < 1.29 is 24.6 Å². The average Bonchev–Trinajstić information content (AvgIpc) is 2.23. The monoisotopic (exact) mass is 260 g/mol. The van der Waals surface area contributed by atoms with Crippen molar-refractivity contribution >= 4 is 17.8 Å². The van der Waals surface area contributed by atoms with Gasteiger partial charge < -0.3 is 20.8 Å². The molecule has 0 fully saturated rings. The lowest BCUT2D eigenvalue weighted by molar-refractivity contribution is -0.146. The van der Waals surface area contributed by atoms with Crippen molar-refractivity contribution in [2.45, 2.75) is 39.8 Å². The number of hydrogen-bond acceptors (Lipinski definition) is 4. The maximum Gasteiger partial charge on any atom is 0.334 e. The third-order valence-electron chi connectivity index (χ3n) is 2.18. The molecule has 0 aliphatic heterocycles. The Morgan fingerprint density at radius 3 is 2.11 bits per heavy atom. The van der Waals surface area contributed by atoms with Crippen LogP contribution in [0, 0.1) is 5.41 Å².